The third-order valence-electron chi connectivity index (χ3n) is 3.56. The second kappa shape index (κ2) is 11.9. The van der Waals surface area contributed by atoms with E-state index in [-0.39, 0.29) is 6.42 Å². The Morgan fingerprint density at radius 3 is 2.55 bits per heavy atom. The third-order valence-corrected chi connectivity index (χ3v) is 4.15. The van der Waals surface area contributed by atoms with E-state index < -0.39 is 11.8 Å². The zero-order chi connectivity index (χ0) is 21.1. The molecular formula is C21H24BrN3O4. The number of para-hydroxylation sites is 1. The number of nitrogens with one attached hydrogen (secondary N) is 2. The second-order valence-electron chi connectivity index (χ2n) is 6.00. The highest BCUT2D eigenvalue weighted by Crippen LogP contribution is 2.36. The lowest BCUT2D eigenvalue weighted by Gasteiger charge is -2.14. The van der Waals surface area contributed by atoms with Crippen LogP contribution in [0.5, 0.6) is 11.5 Å². The predicted molar refractivity (Wildman–Crippen MR) is 117 cm³/mol. The average molecular weight is 462 g/mol. The molecule has 8 heteroatoms. The average Bonchev–Trinajstić information content (AvgIpc) is 2.68. The molecule has 154 valence electrons. The Kier molecular flexibility index (Phi) is 9.17. The predicted octanol–water partition coefficient (Wildman–Crippen LogP) is 4.12. The first-order chi connectivity index (χ1) is 14.0. The molecule has 2 N–H and O–H groups in total. The maximum atomic E-state index is 11.9. The smallest absolute Gasteiger partial charge is 0.249 e. The van der Waals surface area contributed by atoms with Crippen molar-refractivity contribution < 1.29 is 19.1 Å². The molecule has 0 heterocycles. The first-order valence-corrected chi connectivity index (χ1v) is 10.1. The summed E-state index contributed by atoms with van der Waals surface area (Å²) in [7, 11) is 0. The van der Waals surface area contributed by atoms with Crippen molar-refractivity contribution >= 4 is 39.6 Å². The van der Waals surface area contributed by atoms with E-state index in [0.717, 1.165) is 10.9 Å². The van der Waals surface area contributed by atoms with Gasteiger partial charge >= 0.3 is 0 Å². The van der Waals surface area contributed by atoms with Crippen molar-refractivity contribution in [3.63, 3.8) is 0 Å². The van der Waals surface area contributed by atoms with Gasteiger partial charge in [0.1, 0.15) is 6.42 Å². The number of halogens is 1. The van der Waals surface area contributed by atoms with Gasteiger partial charge in [0.25, 0.3) is 0 Å². The van der Waals surface area contributed by atoms with Gasteiger partial charge in [-0.25, -0.2) is 5.43 Å². The van der Waals surface area contributed by atoms with Gasteiger partial charge in [0.05, 0.1) is 23.9 Å². The molecular weight excluding hydrogens is 438 g/mol. The van der Waals surface area contributed by atoms with Gasteiger partial charge in [0.15, 0.2) is 11.5 Å². The molecule has 0 atom stereocenters. The number of benzene rings is 2. The Bertz CT molecular complexity index is 857. The van der Waals surface area contributed by atoms with Crippen molar-refractivity contribution in [3.8, 4) is 11.5 Å². The third kappa shape index (κ3) is 7.57. The highest BCUT2D eigenvalue weighted by Gasteiger charge is 2.12. The standard InChI is InChI=1S/C21H24BrN3O4/c1-3-10-29-21-17(22)11-15(12-18(21)28-4-2)14-23-25-20(27)13-19(26)24-16-8-6-5-7-9-16/h5-9,11-12,14H,3-4,10,13H2,1-2H3,(H,24,26)(H,25,27). The summed E-state index contributed by atoms with van der Waals surface area (Å²) in [5.41, 5.74) is 3.69. The van der Waals surface area contributed by atoms with Crippen LogP contribution < -0.4 is 20.2 Å². The molecule has 0 aromatic heterocycles. The molecule has 0 bridgehead atoms. The van der Waals surface area contributed by atoms with Gasteiger partial charge in [0, 0.05) is 5.69 Å². The fourth-order valence-corrected chi connectivity index (χ4v) is 2.93. The molecule has 0 aliphatic carbocycles. The highest BCUT2D eigenvalue weighted by atomic mass is 79.9. The van der Waals surface area contributed by atoms with E-state index in [0.29, 0.717) is 36.0 Å². The number of carbonyl (C=O) groups is 2. The van der Waals surface area contributed by atoms with Crippen LogP contribution in [0.15, 0.2) is 52.0 Å². The van der Waals surface area contributed by atoms with E-state index in [2.05, 4.69) is 31.8 Å². The molecule has 0 saturated heterocycles. The minimum Gasteiger partial charge on any atom is -0.490 e. The summed E-state index contributed by atoms with van der Waals surface area (Å²) in [6.07, 6.45) is 2.03. The van der Waals surface area contributed by atoms with Crippen molar-refractivity contribution in [1.82, 2.24) is 5.43 Å². The van der Waals surface area contributed by atoms with Crippen LogP contribution in [0.3, 0.4) is 0 Å². The lowest BCUT2D eigenvalue weighted by atomic mass is 10.2. The Balaban J connectivity index is 1.94. The first kappa shape index (κ1) is 22.4. The lowest BCUT2D eigenvalue weighted by Crippen LogP contribution is -2.24. The summed E-state index contributed by atoms with van der Waals surface area (Å²) in [6.45, 7) is 4.98. The van der Waals surface area contributed by atoms with E-state index in [4.69, 9.17) is 9.47 Å². The number of nitrogens with zero attached hydrogens (tertiary/aromatic N) is 1. The Hall–Kier alpha value is -2.87. The van der Waals surface area contributed by atoms with Crippen LogP contribution >= 0.6 is 15.9 Å². The minimum absolute atomic E-state index is 0.329. The quantitative estimate of drug-likeness (QED) is 0.316. The Labute approximate surface area is 178 Å². The van der Waals surface area contributed by atoms with Gasteiger partial charge in [-0.15, -0.1) is 0 Å². The molecule has 2 aromatic carbocycles. The molecule has 0 aliphatic rings. The van der Waals surface area contributed by atoms with Crippen LogP contribution in [0.2, 0.25) is 0 Å². The maximum Gasteiger partial charge on any atom is 0.249 e. The van der Waals surface area contributed by atoms with Gasteiger partial charge in [-0.3, -0.25) is 9.59 Å². The van der Waals surface area contributed by atoms with Crippen molar-refractivity contribution in [3.05, 3.63) is 52.5 Å². The second-order valence-corrected chi connectivity index (χ2v) is 6.85. The summed E-state index contributed by atoms with van der Waals surface area (Å²) < 4.78 is 12.1. The molecule has 0 spiro atoms. The molecule has 2 rings (SSSR count). The molecule has 7 nitrogen and oxygen atoms in total. The molecule has 2 aromatic rings. The zero-order valence-corrected chi connectivity index (χ0v) is 18.0. The summed E-state index contributed by atoms with van der Waals surface area (Å²) >= 11 is 3.48. The van der Waals surface area contributed by atoms with E-state index in [1.807, 2.05) is 26.0 Å². The number of amides is 2. The van der Waals surface area contributed by atoms with Crippen LogP contribution in [0, 0.1) is 0 Å². The van der Waals surface area contributed by atoms with Crippen molar-refractivity contribution in [2.45, 2.75) is 26.7 Å². The number of carbonyl (C=O) groups excluding carboxylic acids is 2. The van der Waals surface area contributed by atoms with Gasteiger partial charge in [-0.05, 0) is 59.1 Å². The monoisotopic (exact) mass is 461 g/mol. The Morgan fingerprint density at radius 1 is 1.10 bits per heavy atom. The topological polar surface area (TPSA) is 89.0 Å². The van der Waals surface area contributed by atoms with Crippen LogP contribution in [0.25, 0.3) is 0 Å². The summed E-state index contributed by atoms with van der Waals surface area (Å²) in [5, 5.41) is 6.56. The molecule has 0 fully saturated rings. The number of hydrogen-bond acceptors (Lipinski definition) is 5. The lowest BCUT2D eigenvalue weighted by molar-refractivity contribution is -0.126. The fourth-order valence-electron chi connectivity index (χ4n) is 2.36. The maximum absolute atomic E-state index is 11.9. The number of anilines is 1. The van der Waals surface area contributed by atoms with Crippen molar-refractivity contribution in [2.75, 3.05) is 18.5 Å². The minimum atomic E-state index is -0.512. The SMILES string of the molecule is CCCOc1c(Br)cc(C=NNC(=O)CC(=O)Nc2ccccc2)cc1OCC. The fraction of sp³-hybridized carbons (Fsp3) is 0.286. The number of rotatable bonds is 10. The number of ether oxygens (including phenoxy) is 2. The van der Waals surface area contributed by atoms with Gasteiger partial charge < -0.3 is 14.8 Å². The first-order valence-electron chi connectivity index (χ1n) is 9.29. The Morgan fingerprint density at radius 2 is 1.86 bits per heavy atom. The largest absolute Gasteiger partial charge is 0.490 e. The molecule has 29 heavy (non-hydrogen) atoms. The molecule has 2 amide bonds. The summed E-state index contributed by atoms with van der Waals surface area (Å²) in [6, 6.07) is 12.5. The van der Waals surface area contributed by atoms with E-state index in [1.165, 1.54) is 6.21 Å². The van der Waals surface area contributed by atoms with Crippen LogP contribution in [-0.2, 0) is 9.59 Å². The number of hydrazone groups is 1. The van der Waals surface area contributed by atoms with Crippen molar-refractivity contribution in [1.29, 1.82) is 0 Å². The van der Waals surface area contributed by atoms with Gasteiger partial charge in [-0.2, -0.15) is 5.10 Å². The molecule has 0 aliphatic heterocycles. The number of hydrogen-bond donors (Lipinski definition) is 2. The van der Waals surface area contributed by atoms with E-state index in [1.54, 1.807) is 30.3 Å². The normalized spacial score (nSPS) is 10.6. The van der Waals surface area contributed by atoms with E-state index in [9.17, 15) is 9.59 Å². The van der Waals surface area contributed by atoms with Crippen LogP contribution in [0.4, 0.5) is 5.69 Å². The van der Waals surface area contributed by atoms with Gasteiger partial charge in [0.2, 0.25) is 11.8 Å². The van der Waals surface area contributed by atoms with E-state index >= 15 is 0 Å². The van der Waals surface area contributed by atoms with Gasteiger partial charge in [-0.1, -0.05) is 25.1 Å². The van der Waals surface area contributed by atoms with Crippen LogP contribution in [0.1, 0.15) is 32.3 Å². The van der Waals surface area contributed by atoms with Crippen molar-refractivity contribution in [2.24, 2.45) is 5.10 Å². The zero-order valence-electron chi connectivity index (χ0n) is 16.4. The summed E-state index contributed by atoms with van der Waals surface area (Å²) in [5.74, 6) is 0.294. The van der Waals surface area contributed by atoms with Crippen LogP contribution in [-0.4, -0.2) is 31.2 Å². The molecule has 0 unspecified atom stereocenters. The summed E-state index contributed by atoms with van der Waals surface area (Å²) in [4.78, 5) is 23.8. The molecule has 0 saturated carbocycles. The molecule has 0 radical (unpaired) electrons. The highest BCUT2D eigenvalue weighted by molar-refractivity contribution is 9.10.